The number of nitrogens with one attached hydrogen (secondary N) is 1. The zero-order valence-electron chi connectivity index (χ0n) is 9.01. The Balaban J connectivity index is 1.95. The van der Waals surface area contributed by atoms with E-state index >= 15 is 0 Å². The molecule has 0 spiro atoms. The first-order valence-corrected chi connectivity index (χ1v) is 5.38. The van der Waals surface area contributed by atoms with E-state index in [1.165, 1.54) is 6.26 Å². The van der Waals surface area contributed by atoms with Crippen molar-refractivity contribution in [1.82, 2.24) is 0 Å². The molecule has 86 valence electrons. The molecule has 1 amide bonds. The molecular weight excluding hydrogens is 218 g/mol. The quantitative estimate of drug-likeness (QED) is 0.826. The molecule has 1 aromatic carbocycles. The van der Waals surface area contributed by atoms with Gasteiger partial charge in [0.15, 0.2) is 0 Å². The van der Waals surface area contributed by atoms with Gasteiger partial charge in [-0.2, -0.15) is 0 Å². The largest absolute Gasteiger partial charge is 0.466 e. The van der Waals surface area contributed by atoms with Gasteiger partial charge in [0.05, 0.1) is 12.7 Å². The molecule has 1 atom stereocenters. The molecule has 1 aliphatic rings. The van der Waals surface area contributed by atoms with Crippen LogP contribution in [0.1, 0.15) is 23.0 Å². The van der Waals surface area contributed by atoms with Gasteiger partial charge < -0.3 is 14.8 Å². The van der Waals surface area contributed by atoms with Crippen molar-refractivity contribution in [3.05, 3.63) is 53.5 Å². The van der Waals surface area contributed by atoms with E-state index in [4.69, 9.17) is 4.42 Å². The van der Waals surface area contributed by atoms with Crippen LogP contribution in [0.2, 0.25) is 0 Å². The molecule has 0 saturated heterocycles. The van der Waals surface area contributed by atoms with E-state index in [1.807, 2.05) is 12.1 Å². The van der Waals surface area contributed by atoms with Crippen molar-refractivity contribution < 1.29 is 14.3 Å². The topological polar surface area (TPSA) is 62.5 Å². The average Bonchev–Trinajstić information content (AvgIpc) is 2.94. The van der Waals surface area contributed by atoms with E-state index in [0.717, 1.165) is 16.8 Å². The van der Waals surface area contributed by atoms with Crippen molar-refractivity contribution in [3.63, 3.8) is 0 Å². The minimum absolute atomic E-state index is 0.00959. The monoisotopic (exact) mass is 229 g/mol. The third kappa shape index (κ3) is 1.72. The Morgan fingerprint density at radius 3 is 3.00 bits per heavy atom. The number of benzene rings is 1. The summed E-state index contributed by atoms with van der Waals surface area (Å²) >= 11 is 0. The summed E-state index contributed by atoms with van der Waals surface area (Å²) in [4.78, 5) is 11.2. The first-order valence-electron chi connectivity index (χ1n) is 5.38. The van der Waals surface area contributed by atoms with Crippen LogP contribution in [-0.2, 0) is 11.2 Å². The smallest absolute Gasteiger partial charge is 0.228 e. The summed E-state index contributed by atoms with van der Waals surface area (Å²) in [5.74, 6) is 0.492. The molecule has 0 bridgehead atoms. The standard InChI is InChI=1S/C13H11NO3/c15-12-7-9-6-8(3-4-10(9)14-12)13(16)11-2-1-5-17-11/h1-6,13,16H,7H2,(H,14,15). The van der Waals surface area contributed by atoms with Crippen LogP contribution in [0, 0.1) is 0 Å². The van der Waals surface area contributed by atoms with Gasteiger partial charge in [-0.3, -0.25) is 4.79 Å². The second-order valence-corrected chi connectivity index (χ2v) is 4.06. The van der Waals surface area contributed by atoms with Gasteiger partial charge in [-0.05, 0) is 29.3 Å². The number of carbonyl (C=O) groups is 1. The molecule has 4 nitrogen and oxygen atoms in total. The fourth-order valence-corrected chi connectivity index (χ4v) is 2.03. The maximum Gasteiger partial charge on any atom is 0.228 e. The maximum absolute atomic E-state index is 11.2. The van der Waals surface area contributed by atoms with Crippen LogP contribution in [-0.4, -0.2) is 11.0 Å². The highest BCUT2D eigenvalue weighted by Gasteiger charge is 2.20. The third-order valence-electron chi connectivity index (χ3n) is 2.88. The zero-order valence-corrected chi connectivity index (χ0v) is 9.01. The molecule has 2 N–H and O–H groups in total. The molecule has 0 fully saturated rings. The normalized spacial score (nSPS) is 15.5. The number of anilines is 1. The fraction of sp³-hybridized carbons (Fsp3) is 0.154. The highest BCUT2D eigenvalue weighted by Crippen LogP contribution is 2.29. The van der Waals surface area contributed by atoms with Crippen molar-refractivity contribution in [2.75, 3.05) is 5.32 Å². The Morgan fingerprint density at radius 2 is 2.24 bits per heavy atom. The number of carbonyl (C=O) groups excluding carboxylic acids is 1. The zero-order chi connectivity index (χ0) is 11.8. The van der Waals surface area contributed by atoms with Crippen molar-refractivity contribution in [2.45, 2.75) is 12.5 Å². The lowest BCUT2D eigenvalue weighted by Crippen LogP contribution is -2.03. The Kier molecular flexibility index (Phi) is 2.23. The molecule has 0 saturated carbocycles. The van der Waals surface area contributed by atoms with Gasteiger partial charge in [0.2, 0.25) is 5.91 Å². The summed E-state index contributed by atoms with van der Waals surface area (Å²) < 4.78 is 5.16. The van der Waals surface area contributed by atoms with E-state index in [2.05, 4.69) is 5.32 Å². The predicted octanol–water partition coefficient (Wildman–Crippen LogP) is 1.86. The molecule has 2 heterocycles. The van der Waals surface area contributed by atoms with Gasteiger partial charge in [0, 0.05) is 5.69 Å². The Bertz CT molecular complexity index is 560. The van der Waals surface area contributed by atoms with Gasteiger partial charge in [0.1, 0.15) is 11.9 Å². The lowest BCUT2D eigenvalue weighted by Gasteiger charge is -2.09. The molecule has 1 aliphatic heterocycles. The van der Waals surface area contributed by atoms with Crippen LogP contribution in [0.5, 0.6) is 0 Å². The minimum Gasteiger partial charge on any atom is -0.466 e. The third-order valence-corrected chi connectivity index (χ3v) is 2.88. The van der Waals surface area contributed by atoms with Gasteiger partial charge in [-0.25, -0.2) is 0 Å². The van der Waals surface area contributed by atoms with Gasteiger partial charge in [-0.15, -0.1) is 0 Å². The van der Waals surface area contributed by atoms with Crippen LogP contribution >= 0.6 is 0 Å². The second-order valence-electron chi connectivity index (χ2n) is 4.06. The molecule has 0 radical (unpaired) electrons. The summed E-state index contributed by atoms with van der Waals surface area (Å²) in [5, 5.41) is 12.8. The number of rotatable bonds is 2. The highest BCUT2D eigenvalue weighted by atomic mass is 16.4. The number of aliphatic hydroxyl groups excluding tert-OH is 1. The van der Waals surface area contributed by atoms with Crippen LogP contribution in [0.4, 0.5) is 5.69 Å². The summed E-state index contributed by atoms with van der Waals surface area (Å²) in [7, 11) is 0. The van der Waals surface area contributed by atoms with Gasteiger partial charge in [0.25, 0.3) is 0 Å². The molecule has 1 aromatic heterocycles. The summed E-state index contributed by atoms with van der Waals surface area (Å²) in [6.07, 6.45) is 1.11. The Labute approximate surface area is 97.9 Å². The molecule has 4 heteroatoms. The van der Waals surface area contributed by atoms with Crippen molar-refractivity contribution in [2.24, 2.45) is 0 Å². The number of aliphatic hydroxyl groups is 1. The van der Waals surface area contributed by atoms with Crippen LogP contribution < -0.4 is 5.32 Å². The molecule has 3 rings (SSSR count). The number of fused-ring (bicyclic) bond motifs is 1. The molecule has 17 heavy (non-hydrogen) atoms. The number of furan rings is 1. The first-order chi connectivity index (χ1) is 8.24. The second kappa shape index (κ2) is 3.75. The molecule has 0 aliphatic carbocycles. The maximum atomic E-state index is 11.2. The van der Waals surface area contributed by atoms with E-state index < -0.39 is 6.10 Å². The predicted molar refractivity (Wildman–Crippen MR) is 61.5 cm³/mol. The molecule has 2 aromatic rings. The lowest BCUT2D eigenvalue weighted by atomic mass is 10.0. The SMILES string of the molecule is O=C1Cc2cc(C(O)c3ccco3)ccc2N1. The lowest BCUT2D eigenvalue weighted by molar-refractivity contribution is -0.115. The van der Waals surface area contributed by atoms with Crippen LogP contribution in [0.15, 0.2) is 41.0 Å². The minimum atomic E-state index is -0.786. The van der Waals surface area contributed by atoms with E-state index in [1.54, 1.807) is 18.2 Å². The van der Waals surface area contributed by atoms with Crippen LogP contribution in [0.3, 0.4) is 0 Å². The van der Waals surface area contributed by atoms with E-state index in [-0.39, 0.29) is 5.91 Å². The summed E-state index contributed by atoms with van der Waals surface area (Å²) in [5.41, 5.74) is 2.47. The van der Waals surface area contributed by atoms with E-state index in [9.17, 15) is 9.90 Å². The number of amides is 1. The first kappa shape index (κ1) is 10.1. The van der Waals surface area contributed by atoms with Crippen molar-refractivity contribution in [1.29, 1.82) is 0 Å². The highest BCUT2D eigenvalue weighted by molar-refractivity contribution is 5.99. The summed E-state index contributed by atoms with van der Waals surface area (Å²) in [6.45, 7) is 0. The number of hydrogen-bond acceptors (Lipinski definition) is 3. The molecule has 1 unspecified atom stereocenters. The summed E-state index contributed by atoms with van der Waals surface area (Å²) in [6, 6.07) is 8.89. The Morgan fingerprint density at radius 1 is 1.35 bits per heavy atom. The Hall–Kier alpha value is -2.07. The van der Waals surface area contributed by atoms with Crippen molar-refractivity contribution >= 4 is 11.6 Å². The molecular formula is C13H11NO3. The van der Waals surface area contributed by atoms with Gasteiger partial charge in [-0.1, -0.05) is 12.1 Å². The number of hydrogen-bond donors (Lipinski definition) is 2. The fourth-order valence-electron chi connectivity index (χ4n) is 2.03. The van der Waals surface area contributed by atoms with Crippen molar-refractivity contribution in [3.8, 4) is 0 Å². The average molecular weight is 229 g/mol. The van der Waals surface area contributed by atoms with Gasteiger partial charge >= 0.3 is 0 Å². The van der Waals surface area contributed by atoms with Crippen LogP contribution in [0.25, 0.3) is 0 Å². The van der Waals surface area contributed by atoms with E-state index in [0.29, 0.717) is 12.2 Å².